The standard InChI is InChI=1S/C27H46O4/c1-17(2)7-6-8-18(3)21-9-10-22-25-23(12-14-27(21,22)5)26(4)13-11-20(28)15-19(26)16-24(25)30-31-29/h16-18,20-25,28-29H,6-15H2,1-5H3/t18-,20+,21-,22+,23+,24-,25+,26+,27-/m1/s1. The van der Waals surface area contributed by atoms with Crippen molar-refractivity contribution in [3.05, 3.63) is 11.6 Å². The molecule has 0 aromatic carbocycles. The number of rotatable bonds is 7. The molecule has 2 N–H and O–H groups in total. The maximum absolute atomic E-state index is 10.3. The summed E-state index contributed by atoms with van der Waals surface area (Å²) in [6, 6.07) is 0. The van der Waals surface area contributed by atoms with Crippen LogP contribution in [0.4, 0.5) is 0 Å². The molecular formula is C27H46O4. The Labute approximate surface area is 189 Å². The van der Waals surface area contributed by atoms with E-state index in [1.54, 1.807) is 0 Å². The Bertz CT molecular complexity index is 660. The molecule has 3 saturated carbocycles. The highest BCUT2D eigenvalue weighted by atomic mass is 17.5. The first-order valence-corrected chi connectivity index (χ1v) is 13.1. The molecule has 0 aliphatic heterocycles. The quantitative estimate of drug-likeness (QED) is 0.263. The lowest BCUT2D eigenvalue weighted by Gasteiger charge is -2.59. The van der Waals surface area contributed by atoms with Gasteiger partial charge in [0.1, 0.15) is 6.10 Å². The first-order chi connectivity index (χ1) is 14.7. The third kappa shape index (κ3) is 4.16. The van der Waals surface area contributed by atoms with E-state index in [1.807, 2.05) is 0 Å². The highest BCUT2D eigenvalue weighted by molar-refractivity contribution is 5.28. The van der Waals surface area contributed by atoms with Crippen molar-refractivity contribution >= 4 is 0 Å². The Morgan fingerprint density at radius 1 is 1.03 bits per heavy atom. The third-order valence-corrected chi connectivity index (χ3v) is 10.4. The Hall–Kier alpha value is -0.420. The van der Waals surface area contributed by atoms with Gasteiger partial charge in [0.2, 0.25) is 0 Å². The molecular weight excluding hydrogens is 388 g/mol. The van der Waals surface area contributed by atoms with Crippen LogP contribution in [0.1, 0.15) is 98.8 Å². The molecule has 4 aliphatic rings. The fraction of sp³-hybridized carbons (Fsp3) is 0.926. The number of fused-ring (bicyclic) bond motifs is 5. The third-order valence-electron chi connectivity index (χ3n) is 10.4. The molecule has 31 heavy (non-hydrogen) atoms. The minimum atomic E-state index is -0.247. The van der Waals surface area contributed by atoms with E-state index in [4.69, 9.17) is 4.89 Å². The summed E-state index contributed by atoms with van der Waals surface area (Å²) in [5, 5.41) is 23.8. The molecule has 0 bridgehead atoms. The Balaban J connectivity index is 1.58. The van der Waals surface area contributed by atoms with Crippen LogP contribution < -0.4 is 0 Å². The van der Waals surface area contributed by atoms with Gasteiger partial charge in [0, 0.05) is 0 Å². The van der Waals surface area contributed by atoms with Crippen LogP contribution in [0.5, 0.6) is 0 Å². The van der Waals surface area contributed by atoms with E-state index < -0.39 is 0 Å². The van der Waals surface area contributed by atoms with Gasteiger partial charge in [-0.25, -0.2) is 5.26 Å². The minimum absolute atomic E-state index is 0.154. The Morgan fingerprint density at radius 2 is 1.81 bits per heavy atom. The summed E-state index contributed by atoms with van der Waals surface area (Å²) in [7, 11) is 0. The number of hydrogen-bond acceptors (Lipinski definition) is 4. The monoisotopic (exact) mass is 434 g/mol. The lowest BCUT2D eigenvalue weighted by atomic mass is 9.46. The zero-order valence-corrected chi connectivity index (χ0v) is 20.5. The van der Waals surface area contributed by atoms with Crippen LogP contribution in [-0.2, 0) is 9.93 Å². The summed E-state index contributed by atoms with van der Waals surface area (Å²) in [6.45, 7) is 12.2. The van der Waals surface area contributed by atoms with Gasteiger partial charge in [-0.3, -0.25) is 0 Å². The van der Waals surface area contributed by atoms with Crippen molar-refractivity contribution < 1.29 is 20.3 Å². The summed E-state index contributed by atoms with van der Waals surface area (Å²) in [5.41, 5.74) is 1.84. The maximum Gasteiger partial charge on any atom is 0.118 e. The van der Waals surface area contributed by atoms with Crippen LogP contribution in [0.15, 0.2) is 11.6 Å². The van der Waals surface area contributed by atoms with E-state index in [-0.39, 0.29) is 17.6 Å². The van der Waals surface area contributed by atoms with Crippen LogP contribution >= 0.6 is 0 Å². The summed E-state index contributed by atoms with van der Waals surface area (Å²) >= 11 is 0. The highest BCUT2D eigenvalue weighted by Crippen LogP contribution is 2.67. The average Bonchev–Trinajstić information content (AvgIpc) is 3.06. The van der Waals surface area contributed by atoms with Gasteiger partial charge in [0.25, 0.3) is 0 Å². The van der Waals surface area contributed by atoms with Crippen molar-refractivity contribution in [2.75, 3.05) is 0 Å². The largest absolute Gasteiger partial charge is 0.393 e. The van der Waals surface area contributed by atoms with Crippen molar-refractivity contribution in [2.45, 2.75) is 111 Å². The van der Waals surface area contributed by atoms with E-state index in [2.05, 4.69) is 45.7 Å². The second kappa shape index (κ2) is 9.08. The molecule has 0 amide bonds. The molecule has 0 aromatic heterocycles. The number of aliphatic hydroxyl groups excluding tert-OH is 1. The van der Waals surface area contributed by atoms with Crippen LogP contribution in [0.3, 0.4) is 0 Å². The molecule has 0 heterocycles. The molecule has 178 valence electrons. The molecule has 0 aromatic rings. The van der Waals surface area contributed by atoms with Gasteiger partial charge in [-0.1, -0.05) is 70.6 Å². The Kier molecular flexibility index (Phi) is 6.95. The first kappa shape index (κ1) is 23.7. The predicted molar refractivity (Wildman–Crippen MR) is 123 cm³/mol. The fourth-order valence-corrected chi connectivity index (χ4v) is 8.77. The number of hydrogen-bond donors (Lipinski definition) is 2. The van der Waals surface area contributed by atoms with E-state index in [1.165, 1.54) is 50.5 Å². The van der Waals surface area contributed by atoms with E-state index in [0.29, 0.717) is 23.2 Å². The van der Waals surface area contributed by atoms with Crippen molar-refractivity contribution in [2.24, 2.45) is 46.3 Å². The molecule has 4 heteroatoms. The van der Waals surface area contributed by atoms with Crippen LogP contribution in [0.2, 0.25) is 0 Å². The van der Waals surface area contributed by atoms with Gasteiger partial charge in [0.15, 0.2) is 0 Å². The smallest absolute Gasteiger partial charge is 0.118 e. The van der Waals surface area contributed by atoms with Gasteiger partial charge in [-0.05, 0) is 91.3 Å². The van der Waals surface area contributed by atoms with Crippen molar-refractivity contribution in [3.63, 3.8) is 0 Å². The average molecular weight is 435 g/mol. The lowest BCUT2D eigenvalue weighted by molar-refractivity contribution is -0.508. The zero-order chi connectivity index (χ0) is 22.4. The van der Waals surface area contributed by atoms with Gasteiger partial charge in [0.05, 0.1) is 6.10 Å². The van der Waals surface area contributed by atoms with Gasteiger partial charge >= 0.3 is 0 Å². The predicted octanol–water partition coefficient (Wildman–Crippen LogP) is 6.79. The highest BCUT2D eigenvalue weighted by Gasteiger charge is 2.61. The molecule has 3 fully saturated rings. The molecule has 0 unspecified atom stereocenters. The van der Waals surface area contributed by atoms with Gasteiger partial charge < -0.3 is 5.11 Å². The van der Waals surface area contributed by atoms with Crippen LogP contribution in [0, 0.1) is 46.3 Å². The van der Waals surface area contributed by atoms with Crippen molar-refractivity contribution in [3.8, 4) is 0 Å². The second-order valence-corrected chi connectivity index (χ2v) is 12.5. The molecule has 0 radical (unpaired) electrons. The van der Waals surface area contributed by atoms with E-state index in [0.717, 1.165) is 37.0 Å². The second-order valence-electron chi connectivity index (χ2n) is 12.5. The minimum Gasteiger partial charge on any atom is -0.393 e. The van der Waals surface area contributed by atoms with Crippen molar-refractivity contribution in [1.82, 2.24) is 0 Å². The Morgan fingerprint density at radius 3 is 2.52 bits per heavy atom. The molecule has 4 rings (SSSR count). The summed E-state index contributed by atoms with van der Waals surface area (Å²) in [6.07, 6.45) is 13.6. The number of aliphatic hydroxyl groups is 1. The summed E-state index contributed by atoms with van der Waals surface area (Å²) in [4.78, 5) is 5.52. The van der Waals surface area contributed by atoms with Crippen molar-refractivity contribution in [1.29, 1.82) is 0 Å². The molecule has 0 saturated heterocycles. The molecule has 9 atom stereocenters. The molecule has 4 nitrogen and oxygen atoms in total. The van der Waals surface area contributed by atoms with Crippen LogP contribution in [0.25, 0.3) is 0 Å². The van der Waals surface area contributed by atoms with Crippen LogP contribution in [-0.4, -0.2) is 22.6 Å². The summed E-state index contributed by atoms with van der Waals surface area (Å²) < 4.78 is 0. The fourth-order valence-electron chi connectivity index (χ4n) is 8.77. The normalized spacial score (nSPS) is 45.6. The SMILES string of the molecule is CC(C)CCC[C@@H](C)[C@H]1CC[C@H]2[C@@H]3[C@H](OOO)C=C4C[C@@H](O)CC[C@]4(C)[C@H]3CC[C@]12C. The molecule has 0 spiro atoms. The topological polar surface area (TPSA) is 58.9 Å². The van der Waals surface area contributed by atoms with E-state index >= 15 is 0 Å². The van der Waals surface area contributed by atoms with Gasteiger partial charge in [-0.15, -0.1) is 0 Å². The first-order valence-electron chi connectivity index (χ1n) is 13.1. The lowest BCUT2D eigenvalue weighted by Crippen LogP contribution is -2.55. The summed E-state index contributed by atoms with van der Waals surface area (Å²) in [5.74, 6) is 3.91. The molecule has 4 aliphatic carbocycles. The van der Waals surface area contributed by atoms with E-state index in [9.17, 15) is 10.4 Å². The zero-order valence-electron chi connectivity index (χ0n) is 20.5. The maximum atomic E-state index is 10.3. The van der Waals surface area contributed by atoms with Gasteiger partial charge in [-0.2, -0.15) is 4.89 Å².